The molecule has 0 heteroatoms. The fourth-order valence-corrected chi connectivity index (χ4v) is 8.85. The molecule has 0 atom stereocenters. The molecule has 9 aromatic rings. The van der Waals surface area contributed by atoms with Gasteiger partial charge < -0.3 is 0 Å². The highest BCUT2D eigenvalue weighted by Gasteiger charge is 2.35. The first-order valence-corrected chi connectivity index (χ1v) is 18.6. The second kappa shape index (κ2) is 12.3. The summed E-state index contributed by atoms with van der Waals surface area (Å²) in [6.07, 6.45) is 0. The molecular formula is C53H38. The molecule has 10 rings (SSSR count). The van der Waals surface area contributed by atoms with Gasteiger partial charge in [0.2, 0.25) is 0 Å². The molecule has 0 N–H and O–H groups in total. The Hall–Kier alpha value is -6.50. The number of hydrogen-bond acceptors (Lipinski definition) is 0. The van der Waals surface area contributed by atoms with Gasteiger partial charge in [0.05, 0.1) is 0 Å². The number of hydrogen-bond donors (Lipinski definition) is 0. The summed E-state index contributed by atoms with van der Waals surface area (Å²) in [6.45, 7) is 4.71. The largest absolute Gasteiger partial charge is 0.0622 e. The van der Waals surface area contributed by atoms with Crippen molar-refractivity contribution in [2.24, 2.45) is 0 Å². The van der Waals surface area contributed by atoms with E-state index in [1.807, 2.05) is 0 Å². The van der Waals surface area contributed by atoms with E-state index < -0.39 is 0 Å². The molecule has 9 aromatic carbocycles. The summed E-state index contributed by atoms with van der Waals surface area (Å²) in [5, 5.41) is 5.03. The molecule has 0 saturated heterocycles. The Morgan fingerprint density at radius 1 is 0.264 bits per heavy atom. The van der Waals surface area contributed by atoms with E-state index in [2.05, 4.69) is 208 Å². The number of rotatable bonds is 5. The standard InChI is InChI=1S/C53H38/c1-53(2)49-25-15-14-22-43(49)47-34-39(27-29-50(47)53)51-44-23-12-13-24-45(44)52(46-28-26-38(33-48(46)51)35-16-6-3-7-17-35)42-31-40(36-18-8-4-9-19-36)30-41(32-42)37-20-10-5-11-21-37/h3-34H,1-2H3. The maximum Gasteiger partial charge on any atom is 0.0158 e. The minimum Gasteiger partial charge on any atom is -0.0622 e. The van der Waals surface area contributed by atoms with Gasteiger partial charge in [0.25, 0.3) is 0 Å². The summed E-state index contributed by atoms with van der Waals surface area (Å²) in [7, 11) is 0. The minimum atomic E-state index is -0.0425. The lowest BCUT2D eigenvalue weighted by Gasteiger charge is -2.22. The lowest BCUT2D eigenvalue weighted by molar-refractivity contribution is 0.660. The van der Waals surface area contributed by atoms with Crippen LogP contribution in [-0.2, 0) is 5.41 Å². The fraction of sp³-hybridized carbons (Fsp3) is 0.0566. The molecule has 0 aliphatic heterocycles. The maximum absolute atomic E-state index is 2.46. The average Bonchev–Trinajstić information content (AvgIpc) is 3.45. The summed E-state index contributed by atoms with van der Waals surface area (Å²) in [5.74, 6) is 0. The third kappa shape index (κ3) is 5.13. The van der Waals surface area contributed by atoms with Crippen LogP contribution in [0.15, 0.2) is 194 Å². The van der Waals surface area contributed by atoms with Crippen LogP contribution in [0.1, 0.15) is 25.0 Å². The predicted octanol–water partition coefficient (Wildman–Crippen LogP) is 14.6. The number of benzene rings is 9. The van der Waals surface area contributed by atoms with Gasteiger partial charge in [0, 0.05) is 5.41 Å². The van der Waals surface area contributed by atoms with Crippen LogP contribution in [0.25, 0.3) is 88.3 Å². The van der Waals surface area contributed by atoms with E-state index in [1.54, 1.807) is 0 Å². The van der Waals surface area contributed by atoms with E-state index in [4.69, 9.17) is 0 Å². The Morgan fingerprint density at radius 2 is 0.717 bits per heavy atom. The van der Waals surface area contributed by atoms with Crippen LogP contribution in [0.3, 0.4) is 0 Å². The molecule has 1 aliphatic carbocycles. The number of fused-ring (bicyclic) bond motifs is 5. The summed E-state index contributed by atoms with van der Waals surface area (Å²) >= 11 is 0. The first-order valence-electron chi connectivity index (χ1n) is 18.6. The Morgan fingerprint density at radius 3 is 1.34 bits per heavy atom. The SMILES string of the molecule is CC1(C)c2ccccc2-c2cc(-c3c4ccccc4c(-c4cc(-c5ccccc5)cc(-c5ccccc5)c4)c4ccc(-c5ccccc5)cc34)ccc21. The first-order chi connectivity index (χ1) is 26.0. The maximum atomic E-state index is 2.46. The van der Waals surface area contributed by atoms with Crippen LogP contribution in [0.5, 0.6) is 0 Å². The Balaban J connectivity index is 1.30. The molecule has 0 bridgehead atoms. The van der Waals surface area contributed by atoms with Gasteiger partial charge in [-0.2, -0.15) is 0 Å². The highest BCUT2D eigenvalue weighted by Crippen LogP contribution is 2.52. The van der Waals surface area contributed by atoms with E-state index in [9.17, 15) is 0 Å². The van der Waals surface area contributed by atoms with E-state index in [1.165, 1.54) is 99.4 Å². The van der Waals surface area contributed by atoms with Crippen LogP contribution in [-0.4, -0.2) is 0 Å². The summed E-state index contributed by atoms with van der Waals surface area (Å²) in [4.78, 5) is 0. The molecule has 0 amide bonds. The van der Waals surface area contributed by atoms with Gasteiger partial charge in [-0.1, -0.05) is 178 Å². The van der Waals surface area contributed by atoms with Gasteiger partial charge >= 0.3 is 0 Å². The quantitative estimate of drug-likeness (QED) is 0.159. The second-order valence-corrected chi connectivity index (χ2v) is 14.9. The van der Waals surface area contributed by atoms with Crippen LogP contribution < -0.4 is 0 Å². The smallest absolute Gasteiger partial charge is 0.0158 e. The van der Waals surface area contributed by atoms with Crippen LogP contribution in [0.2, 0.25) is 0 Å². The van der Waals surface area contributed by atoms with Gasteiger partial charge in [-0.25, -0.2) is 0 Å². The molecule has 0 spiro atoms. The molecule has 0 unspecified atom stereocenters. The molecule has 53 heavy (non-hydrogen) atoms. The van der Waals surface area contributed by atoms with Crippen molar-refractivity contribution in [3.8, 4) is 66.8 Å². The Kier molecular flexibility index (Phi) is 7.27. The molecule has 0 heterocycles. The molecular weight excluding hydrogens is 637 g/mol. The lowest BCUT2D eigenvalue weighted by atomic mass is 9.81. The van der Waals surface area contributed by atoms with Crippen molar-refractivity contribution in [2.75, 3.05) is 0 Å². The fourth-order valence-electron chi connectivity index (χ4n) is 8.85. The highest BCUT2D eigenvalue weighted by molar-refractivity contribution is 6.22. The summed E-state index contributed by atoms with van der Waals surface area (Å²) in [5.41, 5.74) is 17.7. The highest BCUT2D eigenvalue weighted by atomic mass is 14.4. The van der Waals surface area contributed by atoms with Crippen molar-refractivity contribution >= 4 is 21.5 Å². The molecule has 0 aromatic heterocycles. The zero-order valence-corrected chi connectivity index (χ0v) is 30.0. The second-order valence-electron chi connectivity index (χ2n) is 14.9. The third-order valence-electron chi connectivity index (χ3n) is 11.4. The van der Waals surface area contributed by atoms with Gasteiger partial charge in [-0.05, 0) is 130 Å². The normalized spacial score (nSPS) is 12.9. The molecule has 250 valence electrons. The molecule has 0 nitrogen and oxygen atoms in total. The van der Waals surface area contributed by atoms with Gasteiger partial charge in [-0.3, -0.25) is 0 Å². The molecule has 0 radical (unpaired) electrons. The van der Waals surface area contributed by atoms with Crippen molar-refractivity contribution in [1.82, 2.24) is 0 Å². The zero-order valence-electron chi connectivity index (χ0n) is 30.0. The first kappa shape index (κ1) is 31.3. The Bertz CT molecular complexity index is 2770. The molecule has 1 aliphatic rings. The van der Waals surface area contributed by atoms with E-state index in [0.717, 1.165) is 0 Å². The topological polar surface area (TPSA) is 0 Å². The molecule has 0 saturated carbocycles. The van der Waals surface area contributed by atoms with Gasteiger partial charge in [0.1, 0.15) is 0 Å². The van der Waals surface area contributed by atoms with Crippen molar-refractivity contribution < 1.29 is 0 Å². The van der Waals surface area contributed by atoms with Crippen molar-refractivity contribution in [3.63, 3.8) is 0 Å². The monoisotopic (exact) mass is 674 g/mol. The lowest BCUT2D eigenvalue weighted by Crippen LogP contribution is -2.14. The molecule has 0 fully saturated rings. The van der Waals surface area contributed by atoms with Gasteiger partial charge in [0.15, 0.2) is 0 Å². The van der Waals surface area contributed by atoms with E-state index >= 15 is 0 Å². The van der Waals surface area contributed by atoms with E-state index in [-0.39, 0.29) is 5.41 Å². The zero-order chi connectivity index (χ0) is 35.5. The third-order valence-corrected chi connectivity index (χ3v) is 11.4. The average molecular weight is 675 g/mol. The Labute approximate surface area is 311 Å². The minimum absolute atomic E-state index is 0.0425. The van der Waals surface area contributed by atoms with Crippen molar-refractivity contribution in [2.45, 2.75) is 19.3 Å². The van der Waals surface area contributed by atoms with Crippen molar-refractivity contribution in [3.05, 3.63) is 205 Å². The van der Waals surface area contributed by atoms with Crippen LogP contribution >= 0.6 is 0 Å². The van der Waals surface area contributed by atoms with Crippen LogP contribution in [0, 0.1) is 0 Å². The predicted molar refractivity (Wildman–Crippen MR) is 226 cm³/mol. The van der Waals surface area contributed by atoms with E-state index in [0.29, 0.717) is 0 Å². The van der Waals surface area contributed by atoms with Gasteiger partial charge in [-0.15, -0.1) is 0 Å². The summed E-state index contributed by atoms with van der Waals surface area (Å²) in [6, 6.07) is 71.8. The summed E-state index contributed by atoms with van der Waals surface area (Å²) < 4.78 is 0. The van der Waals surface area contributed by atoms with Crippen LogP contribution in [0.4, 0.5) is 0 Å². The van der Waals surface area contributed by atoms with Crippen molar-refractivity contribution in [1.29, 1.82) is 0 Å².